The van der Waals surface area contributed by atoms with Crippen molar-refractivity contribution < 1.29 is 9.53 Å². The minimum atomic E-state index is 0. The SMILES string of the molecule is CCC(=O)c1ccc(OC)nc1.Cl. The van der Waals surface area contributed by atoms with Crippen LogP contribution in [0.1, 0.15) is 23.7 Å². The highest BCUT2D eigenvalue weighted by molar-refractivity contribution is 5.95. The molecule has 0 saturated heterocycles. The topological polar surface area (TPSA) is 39.2 Å². The van der Waals surface area contributed by atoms with Gasteiger partial charge in [0.15, 0.2) is 5.78 Å². The van der Waals surface area contributed by atoms with Crippen molar-refractivity contribution in [3.05, 3.63) is 23.9 Å². The van der Waals surface area contributed by atoms with Crippen LogP contribution in [0.5, 0.6) is 5.88 Å². The van der Waals surface area contributed by atoms with Crippen LogP contribution in [0.4, 0.5) is 0 Å². The fourth-order valence-corrected chi connectivity index (χ4v) is 0.870. The summed E-state index contributed by atoms with van der Waals surface area (Å²) in [6.07, 6.45) is 2.04. The Hall–Kier alpha value is -1.09. The summed E-state index contributed by atoms with van der Waals surface area (Å²) in [6.45, 7) is 1.83. The zero-order chi connectivity index (χ0) is 8.97. The first kappa shape index (κ1) is 11.9. The van der Waals surface area contributed by atoms with Gasteiger partial charge in [-0.25, -0.2) is 4.98 Å². The largest absolute Gasteiger partial charge is 0.481 e. The molecule has 1 rings (SSSR count). The molecule has 0 N–H and O–H groups in total. The molecule has 0 aromatic carbocycles. The average molecular weight is 202 g/mol. The van der Waals surface area contributed by atoms with Crippen LogP contribution < -0.4 is 4.74 Å². The molecule has 0 fully saturated rings. The highest BCUT2D eigenvalue weighted by Gasteiger charge is 2.02. The van der Waals surface area contributed by atoms with Crippen LogP contribution in [-0.4, -0.2) is 17.9 Å². The molecule has 1 aromatic heterocycles. The van der Waals surface area contributed by atoms with Gasteiger partial charge >= 0.3 is 0 Å². The van der Waals surface area contributed by atoms with E-state index in [2.05, 4.69) is 4.98 Å². The average Bonchev–Trinajstić information content (AvgIpc) is 2.17. The van der Waals surface area contributed by atoms with E-state index in [1.807, 2.05) is 6.92 Å². The number of carbonyl (C=O) groups excluding carboxylic acids is 1. The van der Waals surface area contributed by atoms with E-state index in [1.54, 1.807) is 19.2 Å². The van der Waals surface area contributed by atoms with Gasteiger partial charge < -0.3 is 4.74 Å². The van der Waals surface area contributed by atoms with Crippen LogP contribution in [0.15, 0.2) is 18.3 Å². The van der Waals surface area contributed by atoms with Crippen molar-refractivity contribution in [1.82, 2.24) is 4.98 Å². The maximum absolute atomic E-state index is 11.1. The number of aromatic nitrogens is 1. The molecule has 72 valence electrons. The number of rotatable bonds is 3. The smallest absolute Gasteiger partial charge is 0.212 e. The van der Waals surface area contributed by atoms with Crippen molar-refractivity contribution >= 4 is 18.2 Å². The number of carbonyl (C=O) groups is 1. The zero-order valence-corrected chi connectivity index (χ0v) is 8.43. The molecule has 0 unspecified atom stereocenters. The van der Waals surface area contributed by atoms with E-state index in [0.717, 1.165) is 0 Å². The van der Waals surface area contributed by atoms with Crippen LogP contribution in [-0.2, 0) is 0 Å². The molecule has 0 bridgehead atoms. The maximum atomic E-state index is 11.1. The predicted molar refractivity (Wildman–Crippen MR) is 52.7 cm³/mol. The monoisotopic (exact) mass is 201 g/mol. The van der Waals surface area contributed by atoms with Crippen LogP contribution >= 0.6 is 12.4 Å². The van der Waals surface area contributed by atoms with Crippen molar-refractivity contribution in [3.8, 4) is 5.88 Å². The summed E-state index contributed by atoms with van der Waals surface area (Å²) in [6, 6.07) is 3.40. The summed E-state index contributed by atoms with van der Waals surface area (Å²) in [5, 5.41) is 0. The first-order valence-corrected chi connectivity index (χ1v) is 3.81. The molecular weight excluding hydrogens is 190 g/mol. The second-order valence-electron chi connectivity index (χ2n) is 2.37. The Bertz CT molecular complexity index is 271. The highest BCUT2D eigenvalue weighted by Crippen LogP contribution is 2.07. The van der Waals surface area contributed by atoms with Gasteiger partial charge in [-0.15, -0.1) is 12.4 Å². The standard InChI is InChI=1S/C9H11NO2.ClH/c1-3-8(11)7-4-5-9(12-2)10-6-7;/h4-6H,3H2,1-2H3;1H. The van der Waals surface area contributed by atoms with E-state index >= 15 is 0 Å². The number of hydrogen-bond donors (Lipinski definition) is 0. The van der Waals surface area contributed by atoms with Crippen LogP contribution in [0.25, 0.3) is 0 Å². The molecule has 1 aromatic rings. The van der Waals surface area contributed by atoms with Gasteiger partial charge in [-0.05, 0) is 6.07 Å². The molecule has 13 heavy (non-hydrogen) atoms. The van der Waals surface area contributed by atoms with E-state index in [4.69, 9.17) is 4.74 Å². The molecular formula is C9H12ClNO2. The van der Waals surface area contributed by atoms with Crippen molar-refractivity contribution in [2.45, 2.75) is 13.3 Å². The third-order valence-electron chi connectivity index (χ3n) is 1.59. The minimum Gasteiger partial charge on any atom is -0.481 e. The summed E-state index contributed by atoms with van der Waals surface area (Å²) >= 11 is 0. The normalized spacial score (nSPS) is 8.77. The van der Waals surface area contributed by atoms with Gasteiger partial charge in [0, 0.05) is 24.2 Å². The van der Waals surface area contributed by atoms with Crippen molar-refractivity contribution in [3.63, 3.8) is 0 Å². The summed E-state index contributed by atoms with van der Waals surface area (Å²) in [5.41, 5.74) is 0.637. The van der Waals surface area contributed by atoms with Crippen LogP contribution in [0, 0.1) is 0 Å². The molecule has 0 aliphatic heterocycles. The van der Waals surface area contributed by atoms with Gasteiger partial charge in [0.25, 0.3) is 0 Å². The Kier molecular flexibility index (Phi) is 5.07. The van der Waals surface area contributed by atoms with E-state index in [-0.39, 0.29) is 18.2 Å². The van der Waals surface area contributed by atoms with Gasteiger partial charge in [-0.1, -0.05) is 6.92 Å². The molecule has 0 radical (unpaired) electrons. The predicted octanol–water partition coefficient (Wildman–Crippen LogP) is 2.10. The lowest BCUT2D eigenvalue weighted by Gasteiger charge is -1.99. The molecule has 0 aliphatic carbocycles. The Labute approximate surface area is 83.5 Å². The summed E-state index contributed by atoms with van der Waals surface area (Å²) in [4.78, 5) is 15.1. The van der Waals surface area contributed by atoms with Crippen molar-refractivity contribution in [1.29, 1.82) is 0 Å². The third-order valence-corrected chi connectivity index (χ3v) is 1.59. The third kappa shape index (κ3) is 3.03. The number of nitrogens with zero attached hydrogens (tertiary/aromatic N) is 1. The minimum absolute atomic E-state index is 0. The lowest BCUT2D eigenvalue weighted by molar-refractivity contribution is 0.0988. The fourth-order valence-electron chi connectivity index (χ4n) is 0.870. The van der Waals surface area contributed by atoms with E-state index in [0.29, 0.717) is 17.9 Å². The van der Waals surface area contributed by atoms with Crippen molar-refractivity contribution in [2.24, 2.45) is 0 Å². The summed E-state index contributed by atoms with van der Waals surface area (Å²) in [7, 11) is 1.55. The Morgan fingerprint density at radius 1 is 1.54 bits per heavy atom. The molecule has 0 aliphatic rings. The summed E-state index contributed by atoms with van der Waals surface area (Å²) < 4.78 is 4.86. The highest BCUT2D eigenvalue weighted by atomic mass is 35.5. The molecule has 3 nitrogen and oxygen atoms in total. The Morgan fingerprint density at radius 2 is 2.23 bits per heavy atom. The lowest BCUT2D eigenvalue weighted by Crippen LogP contribution is -1.97. The van der Waals surface area contributed by atoms with Gasteiger partial charge in [0.1, 0.15) is 0 Å². The second-order valence-corrected chi connectivity index (χ2v) is 2.37. The molecule has 0 saturated carbocycles. The number of halogens is 1. The van der Waals surface area contributed by atoms with E-state index in [1.165, 1.54) is 6.20 Å². The van der Waals surface area contributed by atoms with Crippen molar-refractivity contribution in [2.75, 3.05) is 7.11 Å². The van der Waals surface area contributed by atoms with Gasteiger partial charge in [-0.3, -0.25) is 4.79 Å². The first-order valence-electron chi connectivity index (χ1n) is 3.81. The summed E-state index contributed by atoms with van der Waals surface area (Å²) in [5.74, 6) is 0.632. The lowest BCUT2D eigenvalue weighted by atomic mass is 10.1. The molecule has 0 atom stereocenters. The van der Waals surface area contributed by atoms with Gasteiger partial charge in [0.2, 0.25) is 5.88 Å². The molecule has 0 amide bonds. The van der Waals surface area contributed by atoms with E-state index in [9.17, 15) is 4.79 Å². The molecule has 0 spiro atoms. The molecule has 1 heterocycles. The van der Waals surface area contributed by atoms with Crippen LogP contribution in [0.2, 0.25) is 0 Å². The quantitative estimate of drug-likeness (QED) is 0.704. The van der Waals surface area contributed by atoms with Gasteiger partial charge in [-0.2, -0.15) is 0 Å². The Morgan fingerprint density at radius 3 is 2.62 bits per heavy atom. The fraction of sp³-hybridized carbons (Fsp3) is 0.333. The van der Waals surface area contributed by atoms with Crippen LogP contribution in [0.3, 0.4) is 0 Å². The number of hydrogen-bond acceptors (Lipinski definition) is 3. The number of ketones is 1. The zero-order valence-electron chi connectivity index (χ0n) is 7.61. The molecule has 4 heteroatoms. The number of pyridine rings is 1. The van der Waals surface area contributed by atoms with Gasteiger partial charge in [0.05, 0.1) is 7.11 Å². The number of ether oxygens (including phenoxy) is 1. The Balaban J connectivity index is 0.00000144. The maximum Gasteiger partial charge on any atom is 0.212 e. The second kappa shape index (κ2) is 5.54. The number of Topliss-reactive ketones (excluding diaryl/α,β-unsaturated/α-hetero) is 1. The number of methoxy groups -OCH3 is 1. The van der Waals surface area contributed by atoms with E-state index < -0.39 is 0 Å². The first-order chi connectivity index (χ1) is 5.77.